The second kappa shape index (κ2) is 8.32. The Bertz CT molecular complexity index is 1710. The molecule has 0 aliphatic heterocycles. The Labute approximate surface area is 201 Å². The van der Waals surface area contributed by atoms with Crippen molar-refractivity contribution in [3.05, 3.63) is 90.1 Å². The molecule has 1 N–H and O–H groups in total. The highest BCUT2D eigenvalue weighted by atomic mass is 16.1. The summed E-state index contributed by atoms with van der Waals surface area (Å²) < 4.78 is 3.81. The van der Waals surface area contributed by atoms with E-state index in [2.05, 4.69) is 15.3 Å². The number of hydrogen-bond acceptors (Lipinski definition) is 5. The van der Waals surface area contributed by atoms with Gasteiger partial charge in [-0.25, -0.2) is 19.5 Å². The predicted molar refractivity (Wildman–Crippen MR) is 136 cm³/mol. The average molecular weight is 462 g/mol. The SMILES string of the molecule is Cc1nc2c3ccccc3nn2c(C)c1CCC(=O)Nc1ccc(-n2cnc3ccccc32)nc1. The number of nitrogens with zero attached hydrogens (tertiary/aromatic N) is 6. The Kier molecular flexibility index (Phi) is 4.99. The highest BCUT2D eigenvalue weighted by Gasteiger charge is 2.15. The lowest BCUT2D eigenvalue weighted by atomic mass is 10.1. The van der Waals surface area contributed by atoms with Crippen molar-refractivity contribution in [2.75, 3.05) is 5.32 Å². The van der Waals surface area contributed by atoms with Gasteiger partial charge in [0.15, 0.2) is 5.65 Å². The summed E-state index contributed by atoms with van der Waals surface area (Å²) in [7, 11) is 0. The van der Waals surface area contributed by atoms with Crippen LogP contribution in [-0.2, 0) is 11.2 Å². The van der Waals surface area contributed by atoms with Crippen LogP contribution < -0.4 is 5.32 Å². The van der Waals surface area contributed by atoms with Crippen molar-refractivity contribution in [3.8, 4) is 5.82 Å². The Morgan fingerprint density at radius 2 is 1.74 bits per heavy atom. The van der Waals surface area contributed by atoms with Crippen molar-refractivity contribution in [3.63, 3.8) is 0 Å². The number of nitrogens with one attached hydrogen (secondary N) is 1. The molecule has 6 aromatic rings. The topological polar surface area (TPSA) is 90.0 Å². The summed E-state index contributed by atoms with van der Waals surface area (Å²) in [5, 5.41) is 8.68. The number of carbonyl (C=O) groups is 1. The molecule has 0 fully saturated rings. The normalized spacial score (nSPS) is 11.5. The summed E-state index contributed by atoms with van der Waals surface area (Å²) in [6.07, 6.45) is 4.34. The average Bonchev–Trinajstić information content (AvgIpc) is 3.46. The number of carbonyl (C=O) groups excluding carboxylic acids is 1. The summed E-state index contributed by atoms with van der Waals surface area (Å²) in [6.45, 7) is 4.02. The van der Waals surface area contributed by atoms with E-state index in [0.29, 0.717) is 18.5 Å². The van der Waals surface area contributed by atoms with E-state index in [1.807, 2.05) is 83.6 Å². The smallest absolute Gasteiger partial charge is 0.224 e. The third-order valence-electron chi connectivity index (χ3n) is 6.35. The van der Waals surface area contributed by atoms with Gasteiger partial charge in [0.2, 0.25) is 5.91 Å². The first-order chi connectivity index (χ1) is 17.1. The molecule has 0 saturated heterocycles. The Morgan fingerprint density at radius 3 is 2.57 bits per heavy atom. The molecular formula is C27H23N7O. The van der Waals surface area contributed by atoms with Gasteiger partial charge in [-0.3, -0.25) is 9.36 Å². The van der Waals surface area contributed by atoms with Gasteiger partial charge >= 0.3 is 0 Å². The molecule has 2 aromatic carbocycles. The first-order valence-electron chi connectivity index (χ1n) is 11.5. The highest BCUT2D eigenvalue weighted by molar-refractivity contribution is 5.92. The van der Waals surface area contributed by atoms with Crippen LogP contribution in [0.1, 0.15) is 23.4 Å². The molecule has 4 heterocycles. The van der Waals surface area contributed by atoms with Crippen LogP contribution in [0.4, 0.5) is 5.69 Å². The van der Waals surface area contributed by atoms with Crippen LogP contribution in [0.2, 0.25) is 0 Å². The van der Waals surface area contributed by atoms with Crippen molar-refractivity contribution in [2.45, 2.75) is 26.7 Å². The van der Waals surface area contributed by atoms with Gasteiger partial charge < -0.3 is 5.32 Å². The fraction of sp³-hybridized carbons (Fsp3) is 0.148. The maximum atomic E-state index is 12.7. The Morgan fingerprint density at radius 1 is 0.943 bits per heavy atom. The van der Waals surface area contributed by atoms with E-state index in [0.717, 1.165) is 50.4 Å². The Hall–Kier alpha value is -4.59. The zero-order chi connectivity index (χ0) is 23.9. The standard InChI is InChI=1S/C27H23N7O/c1-17-20(18(2)34-27(30-17)21-7-3-4-8-22(21)32-34)12-14-26(35)31-19-11-13-25(28-15-19)33-16-29-23-9-5-6-10-24(23)33/h3-11,13,15-16H,12,14H2,1-2H3,(H,31,35). The van der Waals surface area contributed by atoms with E-state index in [-0.39, 0.29) is 5.91 Å². The number of imidazole rings is 1. The number of pyridine rings is 1. The van der Waals surface area contributed by atoms with Crippen LogP contribution in [0.25, 0.3) is 33.4 Å². The number of benzene rings is 2. The summed E-state index contributed by atoms with van der Waals surface area (Å²) in [5.74, 6) is 0.672. The summed E-state index contributed by atoms with van der Waals surface area (Å²) in [6, 6.07) is 19.6. The molecule has 35 heavy (non-hydrogen) atoms. The van der Waals surface area contributed by atoms with Crippen molar-refractivity contribution in [1.82, 2.24) is 29.1 Å². The van der Waals surface area contributed by atoms with Crippen molar-refractivity contribution in [1.29, 1.82) is 0 Å². The monoisotopic (exact) mass is 461 g/mol. The fourth-order valence-electron chi connectivity index (χ4n) is 4.54. The number of hydrogen-bond donors (Lipinski definition) is 1. The second-order valence-corrected chi connectivity index (χ2v) is 8.57. The molecule has 1 amide bonds. The minimum atomic E-state index is -0.0721. The summed E-state index contributed by atoms with van der Waals surface area (Å²) in [4.78, 5) is 26.4. The number of aromatic nitrogens is 6. The van der Waals surface area contributed by atoms with E-state index in [9.17, 15) is 4.79 Å². The fourth-order valence-corrected chi connectivity index (χ4v) is 4.54. The largest absolute Gasteiger partial charge is 0.325 e. The van der Waals surface area contributed by atoms with Gasteiger partial charge in [0.05, 0.1) is 28.4 Å². The van der Waals surface area contributed by atoms with E-state index in [1.54, 1.807) is 12.5 Å². The van der Waals surface area contributed by atoms with E-state index < -0.39 is 0 Å². The predicted octanol–water partition coefficient (Wildman–Crippen LogP) is 4.80. The molecule has 8 heteroatoms. The first-order valence-corrected chi connectivity index (χ1v) is 11.5. The number of rotatable bonds is 5. The van der Waals surface area contributed by atoms with E-state index >= 15 is 0 Å². The molecule has 0 aliphatic rings. The third-order valence-corrected chi connectivity index (χ3v) is 6.35. The number of anilines is 1. The van der Waals surface area contributed by atoms with Gasteiger partial charge in [-0.15, -0.1) is 0 Å². The maximum absolute atomic E-state index is 12.7. The van der Waals surface area contributed by atoms with Crippen LogP contribution in [0.5, 0.6) is 0 Å². The lowest BCUT2D eigenvalue weighted by Crippen LogP contribution is -2.14. The number of amides is 1. The molecule has 172 valence electrons. The quantitative estimate of drug-likeness (QED) is 0.398. The number of aryl methyl sites for hydroxylation is 2. The van der Waals surface area contributed by atoms with Crippen LogP contribution in [0, 0.1) is 13.8 Å². The highest BCUT2D eigenvalue weighted by Crippen LogP contribution is 2.23. The Balaban J connectivity index is 1.17. The summed E-state index contributed by atoms with van der Waals surface area (Å²) >= 11 is 0. The van der Waals surface area contributed by atoms with Gasteiger partial charge in [0.25, 0.3) is 0 Å². The van der Waals surface area contributed by atoms with Gasteiger partial charge in [0.1, 0.15) is 12.1 Å². The second-order valence-electron chi connectivity index (χ2n) is 8.57. The summed E-state index contributed by atoms with van der Waals surface area (Å²) in [5.41, 5.74) is 7.29. The molecule has 0 atom stereocenters. The van der Waals surface area contributed by atoms with Gasteiger partial charge in [0, 0.05) is 23.2 Å². The molecule has 0 unspecified atom stereocenters. The van der Waals surface area contributed by atoms with Crippen LogP contribution >= 0.6 is 0 Å². The molecule has 0 saturated carbocycles. The molecule has 0 bridgehead atoms. The minimum Gasteiger partial charge on any atom is -0.325 e. The molecule has 6 rings (SSSR count). The zero-order valence-electron chi connectivity index (χ0n) is 19.4. The third kappa shape index (κ3) is 3.69. The van der Waals surface area contributed by atoms with E-state index in [1.165, 1.54) is 0 Å². The lowest BCUT2D eigenvalue weighted by Gasteiger charge is -2.11. The molecule has 0 aliphatic carbocycles. The van der Waals surface area contributed by atoms with Gasteiger partial charge in [-0.05, 0) is 62.2 Å². The molecular weight excluding hydrogens is 438 g/mol. The molecule has 4 aromatic heterocycles. The molecule has 0 radical (unpaired) electrons. The zero-order valence-corrected chi connectivity index (χ0v) is 19.4. The lowest BCUT2D eigenvalue weighted by molar-refractivity contribution is -0.116. The van der Waals surface area contributed by atoms with Crippen LogP contribution in [-0.4, -0.2) is 35.0 Å². The van der Waals surface area contributed by atoms with Crippen LogP contribution in [0.3, 0.4) is 0 Å². The maximum Gasteiger partial charge on any atom is 0.224 e. The number of para-hydroxylation sites is 2. The van der Waals surface area contributed by atoms with Gasteiger partial charge in [-0.2, -0.15) is 5.10 Å². The minimum absolute atomic E-state index is 0.0721. The van der Waals surface area contributed by atoms with E-state index in [4.69, 9.17) is 10.1 Å². The van der Waals surface area contributed by atoms with Crippen molar-refractivity contribution < 1.29 is 4.79 Å². The van der Waals surface area contributed by atoms with Gasteiger partial charge in [-0.1, -0.05) is 24.3 Å². The van der Waals surface area contributed by atoms with Crippen molar-refractivity contribution >= 4 is 39.2 Å². The van der Waals surface area contributed by atoms with Crippen molar-refractivity contribution in [2.24, 2.45) is 0 Å². The first kappa shape index (κ1) is 21.0. The number of fused-ring (bicyclic) bond motifs is 4. The van der Waals surface area contributed by atoms with Crippen LogP contribution in [0.15, 0.2) is 73.2 Å². The molecule has 0 spiro atoms. The molecule has 8 nitrogen and oxygen atoms in total.